The molecule has 3 nitrogen and oxygen atoms in total. The van der Waals surface area contributed by atoms with Crippen LogP contribution >= 0.6 is 0 Å². The lowest BCUT2D eigenvalue weighted by molar-refractivity contribution is 0.918. The molecule has 0 amide bonds. The van der Waals surface area contributed by atoms with Gasteiger partial charge >= 0.3 is 0 Å². The summed E-state index contributed by atoms with van der Waals surface area (Å²) < 4.78 is 0. The summed E-state index contributed by atoms with van der Waals surface area (Å²) in [6.45, 7) is 11.6. The van der Waals surface area contributed by atoms with E-state index in [0.717, 1.165) is 30.0 Å². The van der Waals surface area contributed by atoms with E-state index in [0.29, 0.717) is 6.54 Å². The Morgan fingerprint density at radius 1 is 1.38 bits per heavy atom. The summed E-state index contributed by atoms with van der Waals surface area (Å²) in [5.74, 6) is 0. The van der Waals surface area contributed by atoms with Crippen LogP contribution in [-0.4, -0.2) is 18.1 Å². The van der Waals surface area contributed by atoms with Crippen LogP contribution in [0.25, 0.3) is 0 Å². The zero-order valence-corrected chi connectivity index (χ0v) is 9.82. The van der Waals surface area contributed by atoms with Crippen LogP contribution in [0.4, 0.5) is 5.69 Å². The molecule has 2 N–H and O–H groups in total. The summed E-state index contributed by atoms with van der Waals surface area (Å²) in [6.07, 6.45) is 5.59. The lowest BCUT2D eigenvalue weighted by Crippen LogP contribution is -2.25. The lowest BCUT2D eigenvalue weighted by atomic mass is 10.2. The molecule has 0 saturated heterocycles. The van der Waals surface area contributed by atoms with E-state index >= 15 is 0 Å². The number of nitrogens with two attached hydrogens (primary N) is 1. The Labute approximate surface area is 97.3 Å². The fourth-order valence-electron chi connectivity index (χ4n) is 1.61. The molecule has 1 aromatic rings. The van der Waals surface area contributed by atoms with E-state index in [4.69, 9.17) is 5.73 Å². The maximum absolute atomic E-state index is 5.71. The fraction of sp³-hybridized carbons (Fsp3) is 0.308. The molecular weight excluding hydrogens is 198 g/mol. The molecule has 1 aromatic heterocycles. The number of aryl methyl sites for hydroxylation is 1. The Balaban J connectivity index is 3.09. The maximum Gasteiger partial charge on any atom is 0.0451 e. The molecule has 16 heavy (non-hydrogen) atoms. The van der Waals surface area contributed by atoms with Crippen molar-refractivity contribution in [3.63, 3.8) is 0 Å². The molecule has 3 heteroatoms. The highest BCUT2D eigenvalue weighted by molar-refractivity contribution is 5.54. The average molecular weight is 217 g/mol. The Kier molecular flexibility index (Phi) is 4.73. The van der Waals surface area contributed by atoms with Crippen molar-refractivity contribution in [1.29, 1.82) is 0 Å². The van der Waals surface area contributed by atoms with Crippen molar-refractivity contribution in [3.8, 4) is 0 Å². The summed E-state index contributed by atoms with van der Waals surface area (Å²) in [7, 11) is 0. The fourth-order valence-corrected chi connectivity index (χ4v) is 1.61. The summed E-state index contributed by atoms with van der Waals surface area (Å²) in [5.41, 5.74) is 8.87. The molecule has 0 aliphatic carbocycles. The first-order valence-corrected chi connectivity index (χ1v) is 5.35. The van der Waals surface area contributed by atoms with Gasteiger partial charge in [0, 0.05) is 42.8 Å². The number of hydrogen-bond acceptors (Lipinski definition) is 3. The molecule has 1 heterocycles. The normalized spacial score (nSPS) is 9.88. The highest BCUT2D eigenvalue weighted by Gasteiger charge is 2.08. The average Bonchev–Trinajstić information content (AvgIpc) is 2.29. The van der Waals surface area contributed by atoms with E-state index in [2.05, 4.69) is 29.1 Å². The Morgan fingerprint density at radius 2 is 2.00 bits per heavy atom. The van der Waals surface area contributed by atoms with Gasteiger partial charge < -0.3 is 10.6 Å². The van der Waals surface area contributed by atoms with Crippen molar-refractivity contribution in [1.82, 2.24) is 4.98 Å². The molecule has 0 aromatic carbocycles. The van der Waals surface area contributed by atoms with Gasteiger partial charge in [0.25, 0.3) is 0 Å². The van der Waals surface area contributed by atoms with Crippen LogP contribution in [0.15, 0.2) is 37.6 Å². The standard InChI is InChI=1S/C13H19N3/c1-4-6-16(7-5-2)13-8-11(3)15-10-12(13)9-14/h4-5,8,10H,1-2,6-7,9,14H2,3H3. The highest BCUT2D eigenvalue weighted by atomic mass is 15.1. The van der Waals surface area contributed by atoms with Gasteiger partial charge in [-0.25, -0.2) is 0 Å². The van der Waals surface area contributed by atoms with E-state index in [1.54, 1.807) is 0 Å². The molecule has 1 rings (SSSR count). The molecule has 86 valence electrons. The second-order valence-corrected chi connectivity index (χ2v) is 3.64. The molecule has 0 spiro atoms. The van der Waals surface area contributed by atoms with Crippen molar-refractivity contribution in [2.45, 2.75) is 13.5 Å². The van der Waals surface area contributed by atoms with E-state index in [9.17, 15) is 0 Å². The van der Waals surface area contributed by atoms with Gasteiger partial charge in [-0.15, -0.1) is 13.2 Å². The zero-order chi connectivity index (χ0) is 12.0. The molecule has 0 saturated carbocycles. The summed E-state index contributed by atoms with van der Waals surface area (Å²) >= 11 is 0. The van der Waals surface area contributed by atoms with Gasteiger partial charge in [-0.3, -0.25) is 4.98 Å². The van der Waals surface area contributed by atoms with E-state index in [1.807, 2.05) is 25.3 Å². The molecule has 0 bridgehead atoms. The summed E-state index contributed by atoms with van der Waals surface area (Å²) in [6, 6.07) is 2.05. The van der Waals surface area contributed by atoms with Crippen molar-refractivity contribution < 1.29 is 0 Å². The van der Waals surface area contributed by atoms with Crippen LogP contribution in [0.5, 0.6) is 0 Å². The van der Waals surface area contributed by atoms with Crippen molar-refractivity contribution in [2.75, 3.05) is 18.0 Å². The van der Waals surface area contributed by atoms with Gasteiger partial charge in [0.15, 0.2) is 0 Å². The van der Waals surface area contributed by atoms with E-state index < -0.39 is 0 Å². The van der Waals surface area contributed by atoms with Crippen LogP contribution < -0.4 is 10.6 Å². The van der Waals surface area contributed by atoms with Crippen LogP contribution in [0.2, 0.25) is 0 Å². The smallest absolute Gasteiger partial charge is 0.0451 e. The van der Waals surface area contributed by atoms with Crippen LogP contribution in [0.1, 0.15) is 11.3 Å². The van der Waals surface area contributed by atoms with Crippen LogP contribution in [0, 0.1) is 6.92 Å². The monoisotopic (exact) mass is 217 g/mol. The minimum atomic E-state index is 0.493. The van der Waals surface area contributed by atoms with Crippen molar-refractivity contribution in [2.24, 2.45) is 5.73 Å². The minimum absolute atomic E-state index is 0.493. The number of nitrogens with zero attached hydrogens (tertiary/aromatic N) is 2. The third kappa shape index (κ3) is 2.94. The quantitative estimate of drug-likeness (QED) is 0.741. The van der Waals surface area contributed by atoms with Crippen molar-refractivity contribution in [3.05, 3.63) is 48.8 Å². The number of pyridine rings is 1. The van der Waals surface area contributed by atoms with Crippen LogP contribution in [0.3, 0.4) is 0 Å². The summed E-state index contributed by atoms with van der Waals surface area (Å²) in [5, 5.41) is 0. The molecule has 0 atom stereocenters. The lowest BCUT2D eigenvalue weighted by Gasteiger charge is -2.24. The van der Waals surface area contributed by atoms with E-state index in [-0.39, 0.29) is 0 Å². The molecule has 0 aliphatic heterocycles. The second-order valence-electron chi connectivity index (χ2n) is 3.64. The van der Waals surface area contributed by atoms with E-state index in [1.165, 1.54) is 0 Å². The maximum atomic E-state index is 5.71. The van der Waals surface area contributed by atoms with Gasteiger partial charge in [0.1, 0.15) is 0 Å². The molecule has 0 aliphatic rings. The van der Waals surface area contributed by atoms with Gasteiger partial charge in [-0.2, -0.15) is 0 Å². The minimum Gasteiger partial charge on any atom is -0.364 e. The topological polar surface area (TPSA) is 42.2 Å². The predicted octanol–water partition coefficient (Wildman–Crippen LogP) is 2.03. The first-order valence-electron chi connectivity index (χ1n) is 5.35. The Hall–Kier alpha value is -1.61. The first kappa shape index (κ1) is 12.5. The highest BCUT2D eigenvalue weighted by Crippen LogP contribution is 2.20. The Morgan fingerprint density at radius 3 is 2.50 bits per heavy atom. The van der Waals surface area contributed by atoms with Gasteiger partial charge in [-0.1, -0.05) is 12.2 Å². The van der Waals surface area contributed by atoms with Crippen molar-refractivity contribution >= 4 is 5.69 Å². The van der Waals surface area contributed by atoms with Gasteiger partial charge in [-0.05, 0) is 13.0 Å². The largest absolute Gasteiger partial charge is 0.364 e. The SMILES string of the molecule is C=CCN(CC=C)c1cc(C)ncc1CN. The molecule has 0 fully saturated rings. The third-order valence-electron chi connectivity index (χ3n) is 2.36. The first-order chi connectivity index (χ1) is 7.72. The zero-order valence-electron chi connectivity index (χ0n) is 9.82. The second kappa shape index (κ2) is 6.08. The van der Waals surface area contributed by atoms with Gasteiger partial charge in [0.2, 0.25) is 0 Å². The summed E-state index contributed by atoms with van der Waals surface area (Å²) in [4.78, 5) is 6.43. The molecule has 0 radical (unpaired) electrons. The Bertz CT molecular complexity index is 361. The van der Waals surface area contributed by atoms with Gasteiger partial charge in [0.05, 0.1) is 0 Å². The predicted molar refractivity (Wildman–Crippen MR) is 69.5 cm³/mol. The number of anilines is 1. The number of rotatable bonds is 6. The number of hydrogen-bond donors (Lipinski definition) is 1. The molecule has 0 unspecified atom stereocenters. The third-order valence-corrected chi connectivity index (χ3v) is 2.36. The number of aromatic nitrogens is 1. The molecular formula is C13H19N3. The van der Waals surface area contributed by atoms with Crippen LogP contribution in [-0.2, 0) is 6.54 Å².